The lowest BCUT2D eigenvalue weighted by Crippen LogP contribution is -2.17. The van der Waals surface area contributed by atoms with Crippen LogP contribution in [0.5, 0.6) is 46.0 Å². The summed E-state index contributed by atoms with van der Waals surface area (Å²) in [5, 5.41) is 0. The molecule has 117 heavy (non-hydrogen) atoms. The van der Waals surface area contributed by atoms with Crippen LogP contribution in [0.3, 0.4) is 0 Å². The van der Waals surface area contributed by atoms with Gasteiger partial charge in [-0.25, -0.2) is 0 Å². The minimum absolute atomic E-state index is 0.00652. The third-order valence-electron chi connectivity index (χ3n) is 20.6. The van der Waals surface area contributed by atoms with Gasteiger partial charge in [-0.05, 0) is 127 Å². The van der Waals surface area contributed by atoms with Gasteiger partial charge in [-0.2, -0.15) is 16.8 Å². The Morgan fingerprint density at radius 1 is 0.231 bits per heavy atom. The lowest BCUT2D eigenvalue weighted by Gasteiger charge is -2.23. The van der Waals surface area contributed by atoms with Gasteiger partial charge in [-0.1, -0.05) is 181 Å². The molecule has 0 atom stereocenters. The van der Waals surface area contributed by atoms with Crippen LogP contribution in [0.15, 0.2) is 204 Å². The Labute approximate surface area is 686 Å². The predicted molar refractivity (Wildman–Crippen MR) is 442 cm³/mol. The molecule has 21 nitrogen and oxygen atoms in total. The van der Waals surface area contributed by atoms with Crippen molar-refractivity contribution < 1.29 is 96.3 Å². The van der Waals surface area contributed by atoms with Crippen LogP contribution in [0, 0.1) is 13.8 Å². The molecule has 0 fully saturated rings. The molecule has 3 heterocycles. The first-order valence-corrected chi connectivity index (χ1v) is 43.0. The molecular formula is C94H102O21S2. The summed E-state index contributed by atoms with van der Waals surface area (Å²) in [5.74, 6) is 5.71. The number of benzene rings is 10. The van der Waals surface area contributed by atoms with Crippen molar-refractivity contribution in [3.63, 3.8) is 0 Å². The Bertz CT molecular complexity index is 4680. The van der Waals surface area contributed by atoms with Crippen molar-refractivity contribution >= 4 is 20.2 Å². The number of ether oxygens (including phenoxy) is 15. The molecular weight excluding hydrogens is 1530 g/mol. The van der Waals surface area contributed by atoms with Gasteiger partial charge in [0.05, 0.1) is 116 Å². The molecule has 0 radical (unpaired) electrons. The molecule has 10 aromatic carbocycles. The summed E-state index contributed by atoms with van der Waals surface area (Å²) in [6.45, 7) is 8.63. The molecule has 0 spiro atoms. The second-order valence-corrected chi connectivity index (χ2v) is 32.1. The average molecular weight is 1630 g/mol. The fraction of sp³-hybridized carbons (Fsp3) is 0.362. The summed E-state index contributed by atoms with van der Waals surface area (Å²) >= 11 is 0. The second kappa shape index (κ2) is 42.0. The van der Waals surface area contributed by atoms with Crippen LogP contribution < -0.4 is 37.9 Å². The van der Waals surface area contributed by atoms with E-state index in [1.54, 1.807) is 24.3 Å². The van der Waals surface area contributed by atoms with Crippen LogP contribution in [-0.2, 0) is 113 Å². The van der Waals surface area contributed by atoms with E-state index in [1.165, 1.54) is 24.3 Å². The van der Waals surface area contributed by atoms with E-state index in [2.05, 4.69) is 121 Å². The summed E-state index contributed by atoms with van der Waals surface area (Å²) in [6.07, 6.45) is 3.48. The summed E-state index contributed by atoms with van der Waals surface area (Å²) in [6, 6.07) is 63.2. The Morgan fingerprint density at radius 3 is 0.641 bits per heavy atom. The average Bonchev–Trinajstić information content (AvgIpc) is 0.789. The lowest BCUT2D eigenvalue weighted by molar-refractivity contribution is 0.00484. The van der Waals surface area contributed by atoms with Crippen molar-refractivity contribution in [1.82, 2.24) is 0 Å². The molecule has 616 valence electrons. The van der Waals surface area contributed by atoms with Gasteiger partial charge in [-0.15, -0.1) is 0 Å². The van der Waals surface area contributed by atoms with Crippen LogP contribution in [0.4, 0.5) is 0 Å². The normalized spacial score (nSPS) is 15.6. The van der Waals surface area contributed by atoms with E-state index in [4.69, 9.17) is 79.4 Å². The zero-order valence-electron chi connectivity index (χ0n) is 66.5. The van der Waals surface area contributed by atoms with E-state index in [9.17, 15) is 16.8 Å². The number of para-hydroxylation sites is 8. The highest BCUT2D eigenvalue weighted by Gasteiger charge is 2.27. The Kier molecular flexibility index (Phi) is 30.0. The number of hydrogen-bond donors (Lipinski definition) is 0. The van der Waals surface area contributed by atoms with Crippen LogP contribution >= 0.6 is 0 Å². The van der Waals surface area contributed by atoms with E-state index in [0.29, 0.717) is 127 Å². The SMILES string of the molecule is Cc1ccc(S(=O)(=O)OCCOCCOc2c3cccc2Cc2cccc4c2OCCOCCOc2c5cccc2Cc2cccc6c2OCCOCCOCCOCCOc2c(cccc2C5)Cc2cccc(c2OCCOCCOc2c(cccc2Cc2cccc(c2OCCOCCOS(=O)(=O)c2ccc(C)cc2)C4)C3)C6)cc1. The quantitative estimate of drug-likeness (QED) is 0.0442. The third kappa shape index (κ3) is 22.9. The fourth-order valence-corrected chi connectivity index (χ4v) is 16.8. The zero-order valence-corrected chi connectivity index (χ0v) is 68.1. The number of fused-ring (bicyclic) bond motifs is 12. The van der Waals surface area contributed by atoms with Crippen molar-refractivity contribution in [3.8, 4) is 46.0 Å². The molecule has 23 heteroatoms. The monoisotopic (exact) mass is 1630 g/mol. The van der Waals surface area contributed by atoms with E-state index in [-0.39, 0.29) is 116 Å². The van der Waals surface area contributed by atoms with E-state index < -0.39 is 20.2 Å². The molecule has 5 aliphatic rings. The van der Waals surface area contributed by atoms with Crippen molar-refractivity contribution in [1.29, 1.82) is 0 Å². The van der Waals surface area contributed by atoms with E-state index in [1.807, 2.05) is 38.1 Å². The molecule has 0 amide bonds. The molecule has 0 N–H and O–H groups in total. The van der Waals surface area contributed by atoms with Gasteiger partial charge in [-0.3, -0.25) is 8.37 Å². The first kappa shape index (κ1) is 83.6. The molecule has 0 aromatic heterocycles. The van der Waals surface area contributed by atoms with Crippen LogP contribution in [0.2, 0.25) is 0 Å². The van der Waals surface area contributed by atoms with Gasteiger partial charge in [0, 0.05) is 51.4 Å². The van der Waals surface area contributed by atoms with Crippen molar-refractivity contribution in [2.45, 2.75) is 75.0 Å². The molecule has 0 saturated heterocycles. The highest BCUT2D eigenvalue weighted by atomic mass is 32.2. The van der Waals surface area contributed by atoms with Crippen molar-refractivity contribution in [3.05, 3.63) is 294 Å². The fourth-order valence-electron chi connectivity index (χ4n) is 15.0. The predicted octanol–water partition coefficient (Wildman–Crippen LogP) is 14.3. The molecule has 10 aromatic rings. The Balaban J connectivity index is 0.803. The molecule has 15 rings (SSSR count). The third-order valence-corrected chi connectivity index (χ3v) is 23.2. The largest absolute Gasteiger partial charge is 0.491 e. The number of aryl methyl sites for hydroxylation is 2. The zero-order chi connectivity index (χ0) is 80.4. The van der Waals surface area contributed by atoms with Crippen molar-refractivity contribution in [2.75, 3.05) is 159 Å². The van der Waals surface area contributed by atoms with Crippen LogP contribution in [-0.4, -0.2) is 175 Å². The van der Waals surface area contributed by atoms with Crippen LogP contribution in [0.25, 0.3) is 0 Å². The maximum atomic E-state index is 13.1. The molecule has 22 bridgehead atoms. The first-order chi connectivity index (χ1) is 57.4. The van der Waals surface area contributed by atoms with Gasteiger partial charge in [0.1, 0.15) is 98.9 Å². The minimum Gasteiger partial charge on any atom is -0.491 e. The molecule has 0 saturated carbocycles. The highest BCUT2D eigenvalue weighted by Crippen LogP contribution is 2.42. The lowest BCUT2D eigenvalue weighted by atomic mass is 9.91. The minimum atomic E-state index is -4.00. The standard InChI is InChI=1S/C94H102O21S2/c1-67-27-31-85(32-28-67)116(95,96)114-57-47-104-45-55-112-93-81-23-9-24-82(93)64-78-20-8-22-80-66-84-26-10-25-83(94(84)113-56-46-105-48-58-115-117(97,98)86-33-29-68(2)30-34-86)65-79-21-7-19-77(63-81)91(79)110-53-43-102-41-51-108-89-73-15-5-17-75(89)61-71-13-4-14-72-62-76-18-6-16-74(90(76)109-52-42-103-44-54-111-92(78)80)60-70-12-3-11-69(59-73)87(70)106-49-39-100-37-35-99-36-38-101-40-50-107-88(71)72/h3-34H,35-66H2,1-2H3. The highest BCUT2D eigenvalue weighted by molar-refractivity contribution is 7.87. The maximum absolute atomic E-state index is 13.1. The van der Waals surface area contributed by atoms with E-state index >= 15 is 0 Å². The van der Waals surface area contributed by atoms with Gasteiger partial charge in [0.15, 0.2) is 0 Å². The molecule has 2 aliphatic carbocycles. The van der Waals surface area contributed by atoms with Gasteiger partial charge < -0.3 is 71.1 Å². The van der Waals surface area contributed by atoms with E-state index in [0.717, 1.165) is 123 Å². The number of hydrogen-bond acceptors (Lipinski definition) is 21. The molecule has 3 aliphatic heterocycles. The van der Waals surface area contributed by atoms with Gasteiger partial charge in [0.2, 0.25) is 0 Å². The topological polar surface area (TPSA) is 225 Å². The summed E-state index contributed by atoms with van der Waals surface area (Å²) in [5.41, 5.74) is 16.8. The smallest absolute Gasteiger partial charge is 0.297 e. The molecule has 0 unspecified atom stereocenters. The van der Waals surface area contributed by atoms with Crippen LogP contribution in [0.1, 0.15) is 100 Å². The van der Waals surface area contributed by atoms with Gasteiger partial charge in [0.25, 0.3) is 20.2 Å². The van der Waals surface area contributed by atoms with Gasteiger partial charge >= 0.3 is 0 Å². The Hall–Kier alpha value is -9.86. The summed E-state index contributed by atoms with van der Waals surface area (Å²) in [4.78, 5) is 0.148. The first-order valence-electron chi connectivity index (χ1n) is 40.2. The summed E-state index contributed by atoms with van der Waals surface area (Å²) in [7, 11) is -8.00. The maximum Gasteiger partial charge on any atom is 0.297 e. The number of rotatable bonds is 18. The Morgan fingerprint density at radius 2 is 0.419 bits per heavy atom. The summed E-state index contributed by atoms with van der Waals surface area (Å²) < 4.78 is 162. The van der Waals surface area contributed by atoms with Crippen molar-refractivity contribution in [2.24, 2.45) is 0 Å². The second-order valence-electron chi connectivity index (χ2n) is 28.9.